The van der Waals surface area contributed by atoms with Gasteiger partial charge in [-0.15, -0.1) is 0 Å². The second-order valence-electron chi connectivity index (χ2n) is 8.05. The number of piperidine rings is 1. The molecule has 152 valence electrons. The average Bonchev–Trinajstić information content (AvgIpc) is 2.93. The van der Waals surface area contributed by atoms with E-state index in [1.165, 1.54) is 19.3 Å². The molecule has 1 aromatic rings. The number of rotatable bonds is 4. The van der Waals surface area contributed by atoms with E-state index in [1.807, 2.05) is 4.90 Å². The minimum Gasteiger partial charge on any atom is -0.343 e. The molecule has 0 bridgehead atoms. The van der Waals surface area contributed by atoms with Crippen LogP contribution in [-0.4, -0.2) is 42.9 Å². The van der Waals surface area contributed by atoms with Gasteiger partial charge in [0.25, 0.3) is 5.91 Å². The zero-order chi connectivity index (χ0) is 19.4. The summed E-state index contributed by atoms with van der Waals surface area (Å²) >= 11 is 0. The molecule has 1 saturated heterocycles. The topological polar surface area (TPSA) is 71.4 Å². The van der Waals surface area contributed by atoms with Crippen LogP contribution in [0.15, 0.2) is 11.0 Å². The van der Waals surface area contributed by atoms with Crippen LogP contribution in [0.3, 0.4) is 0 Å². The number of likely N-dealkylation sites (tertiary alicyclic amines) is 1. The van der Waals surface area contributed by atoms with Gasteiger partial charge in [-0.25, -0.2) is 13.1 Å². The molecule has 1 aromatic heterocycles. The summed E-state index contributed by atoms with van der Waals surface area (Å²) in [4.78, 5) is 15.0. The predicted octanol–water partition coefficient (Wildman–Crippen LogP) is 3.35. The Morgan fingerprint density at radius 1 is 1.00 bits per heavy atom. The van der Waals surface area contributed by atoms with Gasteiger partial charge in [0.1, 0.15) is 10.6 Å². The average molecular weight is 396 g/mol. The molecule has 1 amide bonds. The first-order chi connectivity index (χ1) is 12.9. The molecule has 1 saturated carbocycles. The highest BCUT2D eigenvalue weighted by molar-refractivity contribution is 7.89. The Morgan fingerprint density at radius 3 is 2.19 bits per heavy atom. The van der Waals surface area contributed by atoms with E-state index in [4.69, 9.17) is 0 Å². The Labute approximate surface area is 163 Å². The van der Waals surface area contributed by atoms with Gasteiger partial charge in [-0.05, 0) is 45.1 Å². The maximum Gasteiger partial charge on any atom is 0.270 e. The molecule has 2 aliphatic rings. The standard InChI is InChI=1S/C20H33N3O3S/c1-16-19(27(25,26)21-17-11-7-4-3-5-8-12-17)15-18(22(16)2)20(24)23-13-9-6-10-14-23/h15,17,21H,3-14H2,1-2H3. The van der Waals surface area contributed by atoms with Gasteiger partial charge in [0.2, 0.25) is 10.0 Å². The van der Waals surface area contributed by atoms with E-state index >= 15 is 0 Å². The molecule has 27 heavy (non-hydrogen) atoms. The minimum atomic E-state index is -3.63. The van der Waals surface area contributed by atoms with Crippen LogP contribution in [-0.2, 0) is 17.1 Å². The molecular formula is C20H33N3O3S. The van der Waals surface area contributed by atoms with Gasteiger partial charge in [-0.3, -0.25) is 4.79 Å². The molecule has 0 spiro atoms. The fourth-order valence-electron chi connectivity index (χ4n) is 4.26. The van der Waals surface area contributed by atoms with E-state index in [0.29, 0.717) is 11.4 Å². The molecule has 1 N–H and O–H groups in total. The molecule has 2 heterocycles. The molecule has 6 nitrogen and oxygen atoms in total. The third-order valence-electron chi connectivity index (χ3n) is 6.07. The van der Waals surface area contributed by atoms with Crippen molar-refractivity contribution in [3.8, 4) is 0 Å². The Hall–Kier alpha value is -1.34. The Kier molecular flexibility index (Phi) is 6.63. The zero-order valence-corrected chi connectivity index (χ0v) is 17.5. The van der Waals surface area contributed by atoms with Crippen molar-refractivity contribution < 1.29 is 13.2 Å². The molecule has 0 aromatic carbocycles. The van der Waals surface area contributed by atoms with Crippen molar-refractivity contribution in [1.29, 1.82) is 0 Å². The third kappa shape index (κ3) is 4.74. The van der Waals surface area contributed by atoms with E-state index in [-0.39, 0.29) is 16.8 Å². The molecule has 3 rings (SSSR count). The Bertz CT molecular complexity index is 756. The van der Waals surface area contributed by atoms with Crippen LogP contribution in [0, 0.1) is 6.92 Å². The summed E-state index contributed by atoms with van der Waals surface area (Å²) in [6.45, 7) is 3.29. The van der Waals surface area contributed by atoms with Gasteiger partial charge in [-0.1, -0.05) is 32.1 Å². The van der Waals surface area contributed by atoms with Gasteiger partial charge in [-0.2, -0.15) is 0 Å². The van der Waals surface area contributed by atoms with Crippen molar-refractivity contribution in [2.75, 3.05) is 13.1 Å². The highest BCUT2D eigenvalue weighted by Crippen LogP contribution is 2.24. The quantitative estimate of drug-likeness (QED) is 0.850. The maximum atomic E-state index is 13.0. The number of sulfonamides is 1. The first kappa shape index (κ1) is 20.4. The molecule has 0 atom stereocenters. The van der Waals surface area contributed by atoms with Crippen molar-refractivity contribution in [1.82, 2.24) is 14.2 Å². The Morgan fingerprint density at radius 2 is 1.56 bits per heavy atom. The van der Waals surface area contributed by atoms with Crippen LogP contribution in [0.4, 0.5) is 0 Å². The molecular weight excluding hydrogens is 362 g/mol. The molecule has 0 radical (unpaired) electrons. The molecule has 1 aliphatic carbocycles. The van der Waals surface area contributed by atoms with Gasteiger partial charge >= 0.3 is 0 Å². The van der Waals surface area contributed by atoms with E-state index in [9.17, 15) is 13.2 Å². The molecule has 1 aliphatic heterocycles. The molecule has 0 unspecified atom stereocenters. The van der Waals surface area contributed by atoms with E-state index in [0.717, 1.165) is 58.0 Å². The number of amides is 1. The van der Waals surface area contributed by atoms with Crippen LogP contribution in [0.5, 0.6) is 0 Å². The van der Waals surface area contributed by atoms with E-state index < -0.39 is 10.0 Å². The Balaban J connectivity index is 1.79. The number of nitrogens with one attached hydrogen (secondary N) is 1. The summed E-state index contributed by atoms with van der Waals surface area (Å²) in [6, 6.07) is 1.56. The zero-order valence-electron chi connectivity index (χ0n) is 16.7. The predicted molar refractivity (Wildman–Crippen MR) is 106 cm³/mol. The van der Waals surface area contributed by atoms with Gasteiger partial charge in [0.15, 0.2) is 0 Å². The third-order valence-corrected chi connectivity index (χ3v) is 7.70. The highest BCUT2D eigenvalue weighted by Gasteiger charge is 2.29. The molecule has 7 heteroatoms. The van der Waals surface area contributed by atoms with Crippen molar-refractivity contribution >= 4 is 15.9 Å². The molecule has 2 fully saturated rings. The van der Waals surface area contributed by atoms with Crippen LogP contribution < -0.4 is 4.72 Å². The number of carbonyl (C=O) groups is 1. The van der Waals surface area contributed by atoms with Gasteiger partial charge in [0.05, 0.1) is 0 Å². The fraction of sp³-hybridized carbons (Fsp3) is 0.750. The minimum absolute atomic E-state index is 0.00356. The first-order valence-electron chi connectivity index (χ1n) is 10.4. The van der Waals surface area contributed by atoms with Crippen LogP contribution >= 0.6 is 0 Å². The van der Waals surface area contributed by atoms with Crippen molar-refractivity contribution in [3.05, 3.63) is 17.5 Å². The smallest absolute Gasteiger partial charge is 0.270 e. The van der Waals surface area contributed by atoms with Crippen molar-refractivity contribution in [3.63, 3.8) is 0 Å². The maximum absolute atomic E-state index is 13.0. The van der Waals surface area contributed by atoms with Gasteiger partial charge < -0.3 is 9.47 Å². The van der Waals surface area contributed by atoms with Crippen LogP contribution in [0.25, 0.3) is 0 Å². The largest absolute Gasteiger partial charge is 0.343 e. The number of carbonyl (C=O) groups excluding carboxylic acids is 1. The summed E-state index contributed by atoms with van der Waals surface area (Å²) < 4.78 is 30.7. The summed E-state index contributed by atoms with van der Waals surface area (Å²) in [5.41, 5.74) is 1.08. The number of hydrogen-bond donors (Lipinski definition) is 1. The highest BCUT2D eigenvalue weighted by atomic mass is 32.2. The second kappa shape index (κ2) is 8.78. The van der Waals surface area contributed by atoms with Crippen LogP contribution in [0.2, 0.25) is 0 Å². The summed E-state index contributed by atoms with van der Waals surface area (Å²) in [5, 5.41) is 0. The van der Waals surface area contributed by atoms with Crippen LogP contribution in [0.1, 0.15) is 80.4 Å². The van der Waals surface area contributed by atoms with E-state index in [1.54, 1.807) is 24.6 Å². The lowest BCUT2D eigenvalue weighted by molar-refractivity contribution is 0.0714. The monoisotopic (exact) mass is 395 g/mol. The number of nitrogens with zero attached hydrogens (tertiary/aromatic N) is 2. The first-order valence-corrected chi connectivity index (χ1v) is 11.9. The summed E-state index contributed by atoms with van der Waals surface area (Å²) in [7, 11) is -1.85. The van der Waals surface area contributed by atoms with E-state index in [2.05, 4.69) is 4.72 Å². The number of aromatic nitrogens is 1. The second-order valence-corrected chi connectivity index (χ2v) is 9.74. The summed E-state index contributed by atoms with van der Waals surface area (Å²) in [5.74, 6) is -0.0623. The van der Waals surface area contributed by atoms with Crippen molar-refractivity contribution in [2.45, 2.75) is 82.1 Å². The lowest BCUT2D eigenvalue weighted by Gasteiger charge is -2.26. The normalized spacial score (nSPS) is 20.3. The summed E-state index contributed by atoms with van der Waals surface area (Å²) in [6.07, 6.45) is 10.7. The SMILES string of the molecule is Cc1c(S(=O)(=O)NC2CCCCCCC2)cc(C(=O)N2CCCCC2)n1C. The van der Waals surface area contributed by atoms with Gasteiger partial charge in [0, 0.05) is 31.9 Å². The fourth-order valence-corrected chi connectivity index (χ4v) is 5.86. The lowest BCUT2D eigenvalue weighted by Crippen LogP contribution is -2.36. The lowest BCUT2D eigenvalue weighted by atomic mass is 9.97. The van der Waals surface area contributed by atoms with Crippen molar-refractivity contribution in [2.24, 2.45) is 7.05 Å². The number of hydrogen-bond acceptors (Lipinski definition) is 3.